The van der Waals surface area contributed by atoms with Crippen LogP contribution in [-0.2, 0) is 12.4 Å². The van der Waals surface area contributed by atoms with E-state index in [1.54, 1.807) is 24.3 Å². The van der Waals surface area contributed by atoms with Crippen LogP contribution in [0.15, 0.2) is 83.0 Å². The second-order valence-electron chi connectivity index (χ2n) is 10.6. The number of fused-ring (bicyclic) bond motifs is 6. The van der Waals surface area contributed by atoms with E-state index in [2.05, 4.69) is 20.1 Å². The Morgan fingerprint density at radius 1 is 0.479 bits per heavy atom. The summed E-state index contributed by atoms with van der Waals surface area (Å²) in [7, 11) is 0. The van der Waals surface area contributed by atoms with Crippen LogP contribution in [-0.4, -0.2) is 9.97 Å². The molecule has 0 spiro atoms. The second-order valence-corrected chi connectivity index (χ2v) is 10.6. The van der Waals surface area contributed by atoms with Crippen molar-refractivity contribution in [3.63, 3.8) is 0 Å². The molecule has 0 unspecified atom stereocenters. The van der Waals surface area contributed by atoms with E-state index in [4.69, 9.17) is 23.1 Å². The lowest BCUT2D eigenvalue weighted by molar-refractivity contribution is -0.140. The molecule has 0 aliphatic heterocycles. The lowest BCUT2D eigenvalue weighted by Gasteiger charge is -2.09. The highest BCUT2D eigenvalue weighted by molar-refractivity contribution is 6.15. The van der Waals surface area contributed by atoms with Gasteiger partial charge in [0.15, 0.2) is 10.7 Å². The first kappa shape index (κ1) is 30.4. The fourth-order valence-corrected chi connectivity index (χ4v) is 5.80. The molecule has 234 valence electrons. The molecule has 14 heteroatoms. The number of aromatic nitrogens is 2. The van der Waals surface area contributed by atoms with E-state index in [0.29, 0.717) is 44.8 Å². The Kier molecular flexibility index (Phi) is 6.73. The van der Waals surface area contributed by atoms with Crippen LogP contribution >= 0.6 is 0 Å². The fourth-order valence-electron chi connectivity index (χ4n) is 5.80. The van der Waals surface area contributed by atoms with E-state index < -0.39 is 35.1 Å². The monoisotopic (exact) mass is 656 g/mol. The maximum atomic E-state index is 14.4. The lowest BCUT2D eigenvalue weighted by Crippen LogP contribution is -2.07. The minimum Gasteiger partial charge on any atom is -0.241 e. The van der Waals surface area contributed by atoms with Gasteiger partial charge in [0.25, 0.3) is 0 Å². The van der Waals surface area contributed by atoms with Gasteiger partial charge in [-0.2, -0.15) is 39.5 Å². The smallest absolute Gasteiger partial charge is 0.241 e. The van der Waals surface area contributed by atoms with Crippen molar-refractivity contribution in [2.75, 3.05) is 0 Å². The Labute approximate surface area is 262 Å². The number of benzene rings is 4. The van der Waals surface area contributed by atoms with Crippen molar-refractivity contribution in [3.8, 4) is 22.3 Å². The van der Waals surface area contributed by atoms with Gasteiger partial charge in [-0.25, -0.2) is 18.7 Å². The number of rotatable bonds is 2. The molecule has 0 bridgehead atoms. The van der Waals surface area contributed by atoms with Crippen molar-refractivity contribution < 1.29 is 35.1 Å². The highest BCUT2D eigenvalue weighted by Crippen LogP contribution is 2.37. The first-order chi connectivity index (χ1) is 22.8. The molecule has 48 heavy (non-hydrogen) atoms. The van der Waals surface area contributed by atoms with E-state index in [-0.39, 0.29) is 43.9 Å². The van der Waals surface area contributed by atoms with Crippen molar-refractivity contribution in [2.45, 2.75) is 12.4 Å². The molecule has 0 N–H and O–H groups in total. The minimum absolute atomic E-state index is 0.105. The highest BCUT2D eigenvalue weighted by atomic mass is 19.4. The SMILES string of the molecule is [C-]#[N+]/N=c1/c2cc(-c3ccc(C(F)(F)F)c(F)c3)ccc2c2nc3/c(=N/[N+]#[C-])c4cc(-c5ccc(C(F)(F)F)c(F)c5)ccc4c3nc12. The summed E-state index contributed by atoms with van der Waals surface area (Å²) < 4.78 is 107. The van der Waals surface area contributed by atoms with E-state index in [0.717, 1.165) is 24.3 Å². The van der Waals surface area contributed by atoms with Crippen LogP contribution < -0.4 is 10.7 Å². The predicted octanol–water partition coefficient (Wildman–Crippen LogP) is 9.08. The molecular formula is C34H12F8N6. The summed E-state index contributed by atoms with van der Waals surface area (Å²) in [6, 6.07) is 14.4. The van der Waals surface area contributed by atoms with Crippen LogP contribution in [0.4, 0.5) is 35.1 Å². The zero-order chi connectivity index (χ0) is 34.1. The summed E-state index contributed by atoms with van der Waals surface area (Å²) in [6.45, 7) is 14.8. The first-order valence-corrected chi connectivity index (χ1v) is 13.7. The van der Waals surface area contributed by atoms with Gasteiger partial charge in [-0.05, 0) is 58.7 Å². The lowest BCUT2D eigenvalue weighted by atomic mass is 10.0. The van der Waals surface area contributed by atoms with E-state index >= 15 is 0 Å². The van der Waals surface area contributed by atoms with Crippen molar-refractivity contribution in [2.24, 2.45) is 10.2 Å². The molecule has 0 saturated heterocycles. The largest absolute Gasteiger partial charge is 0.419 e. The van der Waals surface area contributed by atoms with Gasteiger partial charge in [-0.3, -0.25) is 0 Å². The third kappa shape index (κ3) is 4.77. The van der Waals surface area contributed by atoms with Gasteiger partial charge in [0, 0.05) is 21.5 Å². The van der Waals surface area contributed by atoms with Crippen molar-refractivity contribution >= 4 is 43.6 Å². The minimum atomic E-state index is -4.87. The number of halogens is 8. The summed E-state index contributed by atoms with van der Waals surface area (Å²) in [5.74, 6) is -2.90. The normalized spacial score (nSPS) is 13.2. The predicted molar refractivity (Wildman–Crippen MR) is 160 cm³/mol. The van der Waals surface area contributed by atoms with Crippen LogP contribution in [0.3, 0.4) is 0 Å². The van der Waals surface area contributed by atoms with Crippen LogP contribution in [0.5, 0.6) is 0 Å². The molecule has 0 amide bonds. The van der Waals surface area contributed by atoms with Crippen LogP contribution in [0, 0.1) is 24.8 Å². The molecule has 0 aliphatic rings. The van der Waals surface area contributed by atoms with Crippen LogP contribution in [0.1, 0.15) is 11.1 Å². The summed E-state index contributed by atoms with van der Waals surface area (Å²) in [5, 5.41) is 9.69. The molecule has 0 atom stereocenters. The topological polar surface area (TPSA) is 59.2 Å². The number of hydrogen-bond acceptors (Lipinski definition) is 4. The van der Waals surface area contributed by atoms with Gasteiger partial charge in [-0.1, -0.05) is 36.4 Å². The Morgan fingerprint density at radius 2 is 0.833 bits per heavy atom. The summed E-state index contributed by atoms with van der Waals surface area (Å²) in [5.41, 5.74) is -0.914. The van der Waals surface area contributed by atoms with E-state index in [1.165, 1.54) is 12.1 Å². The zero-order valence-corrected chi connectivity index (χ0v) is 23.6. The molecule has 0 radical (unpaired) electrons. The molecule has 7 rings (SSSR count). The molecule has 6 aromatic carbocycles. The van der Waals surface area contributed by atoms with E-state index in [1.807, 2.05) is 0 Å². The van der Waals surface area contributed by atoms with Gasteiger partial charge < -0.3 is 0 Å². The Balaban J connectivity index is 1.45. The molecular weight excluding hydrogens is 644 g/mol. The molecule has 0 saturated carbocycles. The van der Waals surface area contributed by atoms with Gasteiger partial charge in [-0.15, -0.1) is 9.91 Å². The fraction of sp³-hybridized carbons (Fsp3) is 0.0588. The summed E-state index contributed by atoms with van der Waals surface area (Å²) >= 11 is 0. The van der Waals surface area contributed by atoms with Crippen molar-refractivity contribution in [1.82, 2.24) is 9.97 Å². The number of alkyl halides is 6. The van der Waals surface area contributed by atoms with Crippen molar-refractivity contribution in [3.05, 3.63) is 129 Å². The molecule has 6 nitrogen and oxygen atoms in total. The van der Waals surface area contributed by atoms with Crippen LogP contribution in [0.2, 0.25) is 0 Å². The third-order valence-electron chi connectivity index (χ3n) is 7.92. The maximum absolute atomic E-state index is 14.4. The first-order valence-electron chi connectivity index (χ1n) is 13.7. The number of hydrogen-bond donors (Lipinski definition) is 0. The Morgan fingerprint density at radius 3 is 1.17 bits per heavy atom. The molecule has 1 heterocycles. The Bertz CT molecular complexity index is 2520. The van der Waals surface area contributed by atoms with Crippen LogP contribution in [0.25, 0.3) is 75.8 Å². The summed E-state index contributed by atoms with van der Waals surface area (Å²) in [4.78, 5) is 15.8. The molecule has 0 aliphatic carbocycles. The van der Waals surface area contributed by atoms with Gasteiger partial charge >= 0.3 is 12.4 Å². The average molecular weight is 656 g/mol. The van der Waals surface area contributed by atoms with Gasteiger partial charge in [0.05, 0.1) is 32.4 Å². The summed E-state index contributed by atoms with van der Waals surface area (Å²) in [6.07, 6.45) is -9.74. The second kappa shape index (κ2) is 10.6. The standard InChI is InChI=1S/C34H12F8N6/c1-43-47-29-21-11-15(17-5-9-23(25(35)13-17)33(37,38)39)3-7-19(21)27-31(29)45-28-20-8-4-16(12-22(20)30(48-44-2)32(28)46-27)18-6-10-24(26(36)14-18)34(40,41)42/h3-14H/b47-29-,48-30+. The zero-order valence-electron chi connectivity index (χ0n) is 23.6. The Hall–Kier alpha value is -6.28. The highest BCUT2D eigenvalue weighted by Gasteiger charge is 2.35. The quantitative estimate of drug-likeness (QED) is 0.106. The maximum Gasteiger partial charge on any atom is 0.419 e. The molecule has 0 fully saturated rings. The third-order valence-corrected chi connectivity index (χ3v) is 7.92. The average Bonchev–Trinajstić information content (AvgIpc) is 3.49. The van der Waals surface area contributed by atoms with E-state index in [9.17, 15) is 35.1 Å². The molecule has 7 aromatic rings. The number of nitrogens with zero attached hydrogens (tertiary/aromatic N) is 6. The van der Waals surface area contributed by atoms with Gasteiger partial charge in [0.1, 0.15) is 22.7 Å². The van der Waals surface area contributed by atoms with Gasteiger partial charge in [0.2, 0.25) is 0 Å². The molecule has 1 aromatic heterocycles. The van der Waals surface area contributed by atoms with Crippen molar-refractivity contribution in [1.29, 1.82) is 0 Å².